The third-order valence-corrected chi connectivity index (χ3v) is 20.0. The molecule has 0 bridgehead atoms. The van der Waals surface area contributed by atoms with Crippen molar-refractivity contribution in [3.8, 4) is 123 Å². The van der Waals surface area contributed by atoms with Gasteiger partial charge in [-0.2, -0.15) is 0 Å². The standard InChI is InChI=1S/C51H35N3.C47H31N3/c1-2-14-35(15-3-1)47-32-48(38-18-10-17-37(29-38)42-21-12-28-52-33-42)54-51(53-47)41-20-11-19-39(31-41)49-43-22-6-8-24-45(43)50(46-25-9-7-23-44(46)49)40-27-26-34-13-4-5-16-36(34)30-40;1-3-14-32(15-4-1)43-30-44(35-19-11-18-34(28-35)38-22-13-27-48-31-38)50-47(49-43)37-21-12-20-36(29-37)46-41-25-9-7-23-39(41)45(33-16-5-2-6-17-33)40-24-8-10-26-42(40)46/h1-2,4-14,16-33H,3,15H2;1-31H. The van der Waals surface area contributed by atoms with Crippen molar-refractivity contribution in [2.75, 3.05) is 0 Å². The van der Waals surface area contributed by atoms with E-state index in [4.69, 9.17) is 19.9 Å². The van der Waals surface area contributed by atoms with Crippen LogP contribution < -0.4 is 0 Å². The summed E-state index contributed by atoms with van der Waals surface area (Å²) >= 11 is 0. The second-order valence-corrected chi connectivity index (χ2v) is 26.4. The average Bonchev–Trinajstić information content (AvgIpc) is 0.738. The lowest BCUT2D eigenvalue weighted by Gasteiger charge is -2.18. The molecule has 0 spiro atoms. The van der Waals surface area contributed by atoms with Gasteiger partial charge in [0.1, 0.15) is 0 Å². The van der Waals surface area contributed by atoms with Crippen molar-refractivity contribution in [2.45, 2.75) is 12.8 Å². The molecule has 0 atom stereocenters. The molecule has 14 aromatic carbocycles. The molecule has 6 heteroatoms. The maximum atomic E-state index is 5.27. The predicted octanol–water partition coefficient (Wildman–Crippen LogP) is 25.6. The van der Waals surface area contributed by atoms with Crippen molar-refractivity contribution in [3.05, 3.63) is 382 Å². The Hall–Kier alpha value is -13.7. The maximum absolute atomic E-state index is 5.27. The zero-order chi connectivity index (χ0) is 69.1. The quantitative estimate of drug-likeness (QED) is 0.113. The van der Waals surface area contributed by atoms with E-state index in [1.165, 1.54) is 92.8 Å². The molecule has 0 saturated carbocycles. The van der Waals surface area contributed by atoms with Gasteiger partial charge in [-0.3, -0.25) is 9.97 Å². The molecule has 4 aromatic heterocycles. The van der Waals surface area contributed by atoms with Gasteiger partial charge in [0.05, 0.1) is 22.8 Å². The number of pyridine rings is 2. The molecule has 0 aliphatic heterocycles. The molecule has 4 heterocycles. The fraction of sp³-hybridized carbons (Fsp3) is 0.0204. The van der Waals surface area contributed by atoms with E-state index in [1.54, 1.807) is 6.20 Å². The maximum Gasteiger partial charge on any atom is 0.160 e. The van der Waals surface area contributed by atoms with Gasteiger partial charge in [-0.05, 0) is 183 Å². The SMILES string of the molecule is C1=CCCC(c2cc(-c3cccc(-c4cccnc4)c3)nc(-c3cccc(-c4c5ccccc5c(-c5ccc6ccccc6c5)c5ccccc45)c3)n2)=C1.c1ccc(-c2cc(-c3cccc(-c4cccnc4)c3)nc(-c3cccc(-c4c5ccccc5c(-c5ccccc5)c5ccccc45)c3)n2)cc1. The molecule has 1 aliphatic rings. The van der Waals surface area contributed by atoms with Gasteiger partial charge in [-0.1, -0.05) is 297 Å². The highest BCUT2D eigenvalue weighted by molar-refractivity contribution is 6.23. The van der Waals surface area contributed by atoms with Crippen molar-refractivity contribution in [1.82, 2.24) is 29.9 Å². The summed E-state index contributed by atoms with van der Waals surface area (Å²) < 4.78 is 0. The minimum absolute atomic E-state index is 0.685. The van der Waals surface area contributed by atoms with Crippen molar-refractivity contribution in [1.29, 1.82) is 0 Å². The summed E-state index contributed by atoms with van der Waals surface area (Å²) in [7, 11) is 0. The molecule has 0 amide bonds. The number of hydrogen-bond donors (Lipinski definition) is 0. The molecule has 0 N–H and O–H groups in total. The van der Waals surface area contributed by atoms with Crippen molar-refractivity contribution in [3.63, 3.8) is 0 Å². The normalized spacial score (nSPS) is 12.0. The van der Waals surface area contributed by atoms with E-state index in [9.17, 15) is 0 Å². The Bertz CT molecular complexity index is 6230. The molecular formula is C98H66N6. The minimum Gasteiger partial charge on any atom is -0.264 e. The van der Waals surface area contributed by atoms with E-state index in [-0.39, 0.29) is 0 Å². The predicted molar refractivity (Wildman–Crippen MR) is 433 cm³/mol. The minimum atomic E-state index is 0.685. The van der Waals surface area contributed by atoms with E-state index in [0.29, 0.717) is 11.6 Å². The van der Waals surface area contributed by atoms with E-state index >= 15 is 0 Å². The van der Waals surface area contributed by atoms with E-state index in [0.717, 1.165) is 96.8 Å². The van der Waals surface area contributed by atoms with Gasteiger partial charge in [0.15, 0.2) is 11.6 Å². The third-order valence-electron chi connectivity index (χ3n) is 20.0. The van der Waals surface area contributed by atoms with Crippen LogP contribution in [0.1, 0.15) is 18.5 Å². The summed E-state index contributed by atoms with van der Waals surface area (Å²) in [5.74, 6) is 1.40. The van der Waals surface area contributed by atoms with Crippen LogP contribution in [0.5, 0.6) is 0 Å². The van der Waals surface area contributed by atoms with Crippen LogP contribution in [0.3, 0.4) is 0 Å². The van der Waals surface area contributed by atoms with E-state index < -0.39 is 0 Å². The Labute approximate surface area is 604 Å². The van der Waals surface area contributed by atoms with Gasteiger partial charge < -0.3 is 0 Å². The van der Waals surface area contributed by atoms with Crippen LogP contribution in [0.2, 0.25) is 0 Å². The number of fused-ring (bicyclic) bond motifs is 5. The summed E-state index contributed by atoms with van der Waals surface area (Å²) in [6.45, 7) is 0. The molecule has 19 rings (SSSR count). The van der Waals surface area contributed by atoms with Crippen LogP contribution in [0, 0.1) is 0 Å². The molecule has 6 nitrogen and oxygen atoms in total. The molecular weight excluding hydrogens is 1260 g/mol. The van der Waals surface area contributed by atoms with Gasteiger partial charge in [0.2, 0.25) is 0 Å². The lowest BCUT2D eigenvalue weighted by Crippen LogP contribution is -2.00. The Morgan fingerprint density at radius 2 is 0.567 bits per heavy atom. The van der Waals surface area contributed by atoms with Gasteiger partial charge in [0.25, 0.3) is 0 Å². The molecule has 0 saturated heterocycles. The number of hydrogen-bond acceptors (Lipinski definition) is 6. The molecule has 0 radical (unpaired) electrons. The average molecular weight is 1330 g/mol. The Morgan fingerprint density at radius 1 is 0.221 bits per heavy atom. The summed E-state index contributed by atoms with van der Waals surface area (Å²) in [5, 5.41) is 12.3. The summed E-state index contributed by atoms with van der Waals surface area (Å²) in [4.78, 5) is 29.6. The van der Waals surface area contributed by atoms with Gasteiger partial charge in [0, 0.05) is 63.7 Å². The Balaban J connectivity index is 0.000000149. The van der Waals surface area contributed by atoms with Crippen molar-refractivity contribution < 1.29 is 0 Å². The van der Waals surface area contributed by atoms with Crippen LogP contribution in [-0.4, -0.2) is 29.9 Å². The second kappa shape index (κ2) is 27.8. The van der Waals surface area contributed by atoms with Crippen LogP contribution in [-0.2, 0) is 0 Å². The van der Waals surface area contributed by atoms with Crippen LogP contribution >= 0.6 is 0 Å². The highest BCUT2D eigenvalue weighted by Crippen LogP contribution is 2.47. The topological polar surface area (TPSA) is 77.3 Å². The molecule has 104 heavy (non-hydrogen) atoms. The first kappa shape index (κ1) is 62.6. The molecule has 18 aromatic rings. The number of nitrogens with zero attached hydrogens (tertiary/aromatic N) is 6. The first-order valence-electron chi connectivity index (χ1n) is 35.4. The zero-order valence-corrected chi connectivity index (χ0v) is 56.9. The van der Waals surface area contributed by atoms with Crippen LogP contribution in [0.15, 0.2) is 377 Å². The van der Waals surface area contributed by atoms with Gasteiger partial charge >= 0.3 is 0 Å². The Morgan fingerprint density at radius 3 is 1.02 bits per heavy atom. The zero-order valence-electron chi connectivity index (χ0n) is 56.9. The Kier molecular flexibility index (Phi) is 16.7. The highest BCUT2D eigenvalue weighted by atomic mass is 14.9. The fourth-order valence-corrected chi connectivity index (χ4v) is 15.0. The van der Waals surface area contributed by atoms with Gasteiger partial charge in [-0.15, -0.1) is 0 Å². The number of aromatic nitrogens is 6. The van der Waals surface area contributed by atoms with E-state index in [2.05, 4.69) is 344 Å². The second-order valence-electron chi connectivity index (χ2n) is 26.4. The summed E-state index contributed by atoms with van der Waals surface area (Å²) in [6, 6.07) is 119. The molecule has 488 valence electrons. The van der Waals surface area contributed by atoms with Crippen LogP contribution in [0.4, 0.5) is 0 Å². The van der Waals surface area contributed by atoms with Crippen molar-refractivity contribution in [2.24, 2.45) is 0 Å². The lowest BCUT2D eigenvalue weighted by molar-refractivity contribution is 1.03. The van der Waals surface area contributed by atoms with Crippen molar-refractivity contribution >= 4 is 59.4 Å². The number of benzene rings is 14. The highest BCUT2D eigenvalue weighted by Gasteiger charge is 2.22. The monoisotopic (exact) mass is 1330 g/mol. The lowest BCUT2D eigenvalue weighted by atomic mass is 9.85. The molecule has 1 aliphatic carbocycles. The van der Waals surface area contributed by atoms with Gasteiger partial charge in [-0.25, -0.2) is 19.9 Å². The smallest absolute Gasteiger partial charge is 0.160 e. The third kappa shape index (κ3) is 12.3. The largest absolute Gasteiger partial charge is 0.264 e. The van der Waals surface area contributed by atoms with Crippen LogP contribution in [0.25, 0.3) is 183 Å². The number of rotatable bonds is 12. The van der Waals surface area contributed by atoms with E-state index in [1.807, 2.05) is 36.8 Å². The summed E-state index contributed by atoms with van der Waals surface area (Å²) in [5.41, 5.74) is 23.9. The first-order valence-corrected chi connectivity index (χ1v) is 35.4. The fourth-order valence-electron chi connectivity index (χ4n) is 15.0. The molecule has 0 unspecified atom stereocenters. The number of allylic oxidation sites excluding steroid dienone is 4. The summed E-state index contributed by atoms with van der Waals surface area (Å²) in [6.07, 6.45) is 15.9. The molecule has 0 fully saturated rings. The first-order chi connectivity index (χ1) is 51.6.